The zero-order chi connectivity index (χ0) is 8.97. The van der Waals surface area contributed by atoms with Crippen molar-refractivity contribution in [1.29, 1.82) is 0 Å². The summed E-state index contributed by atoms with van der Waals surface area (Å²) >= 11 is 0. The van der Waals surface area contributed by atoms with Gasteiger partial charge >= 0.3 is 5.97 Å². The molecule has 0 aromatic heterocycles. The molecule has 0 aliphatic carbocycles. The zero-order valence-electron chi connectivity index (χ0n) is 7.08. The van der Waals surface area contributed by atoms with E-state index in [0.717, 1.165) is 6.42 Å². The summed E-state index contributed by atoms with van der Waals surface area (Å²) in [7, 11) is 1.35. The van der Waals surface area contributed by atoms with E-state index in [1.807, 2.05) is 6.08 Å². The highest BCUT2D eigenvalue weighted by Crippen LogP contribution is 2.14. The second-order valence-corrected chi connectivity index (χ2v) is 2.63. The average molecular weight is 171 g/mol. The Morgan fingerprint density at radius 3 is 3.17 bits per heavy atom. The van der Waals surface area contributed by atoms with Crippen molar-refractivity contribution in [1.82, 2.24) is 0 Å². The summed E-state index contributed by atoms with van der Waals surface area (Å²) in [4.78, 5) is 10.8. The Balaban J connectivity index is 2.37. The molecule has 0 saturated carbocycles. The monoisotopic (exact) mass is 171 g/mol. The lowest BCUT2D eigenvalue weighted by molar-refractivity contribution is -0.141. The molecular formula is C8H13NO3. The topological polar surface area (TPSA) is 61.5 Å². The number of hydrogen-bond acceptors (Lipinski definition) is 4. The van der Waals surface area contributed by atoms with Crippen LogP contribution in [-0.2, 0) is 14.3 Å². The fourth-order valence-corrected chi connectivity index (χ4v) is 1.06. The lowest BCUT2D eigenvalue weighted by atomic mass is 10.2. The Kier molecular flexibility index (Phi) is 3.10. The van der Waals surface area contributed by atoms with Gasteiger partial charge in [0, 0.05) is 6.42 Å². The Labute approximate surface area is 71.3 Å². The summed E-state index contributed by atoms with van der Waals surface area (Å²) in [5.74, 6) is 0.402. The number of carbonyl (C=O) groups is 1. The number of ether oxygens (including phenoxy) is 2. The first-order valence-corrected chi connectivity index (χ1v) is 3.89. The molecule has 0 fully saturated rings. The van der Waals surface area contributed by atoms with Gasteiger partial charge in [0.25, 0.3) is 0 Å². The largest absolute Gasteiger partial charge is 0.496 e. The number of carbonyl (C=O) groups excluding carboxylic acids is 1. The molecule has 1 aliphatic rings. The number of methoxy groups -OCH3 is 1. The van der Waals surface area contributed by atoms with Crippen molar-refractivity contribution in [3.63, 3.8) is 0 Å². The third-order valence-electron chi connectivity index (χ3n) is 1.71. The molecule has 4 heteroatoms. The highest BCUT2D eigenvalue weighted by Gasteiger charge is 2.17. The minimum Gasteiger partial charge on any atom is -0.496 e. The molecule has 0 saturated heterocycles. The molecule has 1 aliphatic heterocycles. The van der Waals surface area contributed by atoms with Gasteiger partial charge in [0.05, 0.1) is 26.2 Å². The van der Waals surface area contributed by atoms with Crippen LogP contribution in [0.1, 0.15) is 12.8 Å². The Hall–Kier alpha value is -1.03. The Morgan fingerprint density at radius 1 is 1.92 bits per heavy atom. The average Bonchev–Trinajstić information content (AvgIpc) is 2.56. The van der Waals surface area contributed by atoms with Gasteiger partial charge in [-0.25, -0.2) is 0 Å². The third-order valence-corrected chi connectivity index (χ3v) is 1.71. The maximum absolute atomic E-state index is 10.8. The SMILES string of the molecule is COC(=O)CC(N)C1=CCCO1. The highest BCUT2D eigenvalue weighted by atomic mass is 16.5. The van der Waals surface area contributed by atoms with Crippen LogP contribution >= 0.6 is 0 Å². The van der Waals surface area contributed by atoms with E-state index in [9.17, 15) is 4.79 Å². The van der Waals surface area contributed by atoms with Gasteiger partial charge in [-0.1, -0.05) is 0 Å². The standard InChI is InChI=1S/C8H13NO3/c1-11-8(10)5-6(9)7-3-2-4-12-7/h3,6H,2,4-5,9H2,1H3. The van der Waals surface area contributed by atoms with Crippen molar-refractivity contribution >= 4 is 5.97 Å². The summed E-state index contributed by atoms with van der Waals surface area (Å²) in [5.41, 5.74) is 5.66. The van der Waals surface area contributed by atoms with E-state index in [0.29, 0.717) is 12.4 Å². The van der Waals surface area contributed by atoms with Crippen LogP contribution in [0, 0.1) is 0 Å². The predicted molar refractivity (Wildman–Crippen MR) is 43.3 cm³/mol. The van der Waals surface area contributed by atoms with E-state index in [4.69, 9.17) is 10.5 Å². The maximum atomic E-state index is 10.8. The first-order chi connectivity index (χ1) is 5.74. The zero-order valence-corrected chi connectivity index (χ0v) is 7.08. The molecule has 1 heterocycles. The molecule has 0 spiro atoms. The van der Waals surface area contributed by atoms with Gasteiger partial charge in [-0.15, -0.1) is 0 Å². The van der Waals surface area contributed by atoms with Crippen LogP contribution in [0.5, 0.6) is 0 Å². The summed E-state index contributed by atoms with van der Waals surface area (Å²) in [5, 5.41) is 0. The first-order valence-electron chi connectivity index (χ1n) is 3.89. The molecule has 0 aromatic rings. The summed E-state index contributed by atoms with van der Waals surface area (Å²) in [6.07, 6.45) is 2.97. The van der Waals surface area contributed by atoms with Gasteiger partial charge < -0.3 is 15.2 Å². The quantitative estimate of drug-likeness (QED) is 0.615. The summed E-state index contributed by atoms with van der Waals surface area (Å²) in [6, 6.07) is -0.347. The van der Waals surface area contributed by atoms with Gasteiger partial charge in [0.2, 0.25) is 0 Å². The minimum atomic E-state index is -0.347. The van der Waals surface area contributed by atoms with E-state index in [1.165, 1.54) is 7.11 Å². The van der Waals surface area contributed by atoms with E-state index in [-0.39, 0.29) is 18.4 Å². The molecule has 0 radical (unpaired) electrons. The van der Waals surface area contributed by atoms with E-state index in [2.05, 4.69) is 4.74 Å². The summed E-state index contributed by atoms with van der Waals surface area (Å²) < 4.78 is 9.67. The number of hydrogen-bond donors (Lipinski definition) is 1. The Morgan fingerprint density at radius 2 is 2.67 bits per heavy atom. The van der Waals surface area contributed by atoms with Crippen molar-refractivity contribution in [2.45, 2.75) is 18.9 Å². The Bertz CT molecular complexity index is 200. The van der Waals surface area contributed by atoms with Crippen LogP contribution in [-0.4, -0.2) is 25.7 Å². The van der Waals surface area contributed by atoms with Crippen LogP contribution in [0.2, 0.25) is 0 Å². The predicted octanol–water partition coefficient (Wildman–Crippen LogP) is 0.181. The number of nitrogens with two attached hydrogens (primary N) is 1. The van der Waals surface area contributed by atoms with Crippen LogP contribution in [0.3, 0.4) is 0 Å². The van der Waals surface area contributed by atoms with Crippen molar-refractivity contribution in [2.24, 2.45) is 5.73 Å². The van der Waals surface area contributed by atoms with Crippen molar-refractivity contribution in [3.05, 3.63) is 11.8 Å². The molecule has 2 N–H and O–H groups in total. The van der Waals surface area contributed by atoms with E-state index >= 15 is 0 Å². The number of rotatable bonds is 3. The first kappa shape index (κ1) is 9.06. The second-order valence-electron chi connectivity index (χ2n) is 2.63. The van der Waals surface area contributed by atoms with Gasteiger partial charge in [-0.2, -0.15) is 0 Å². The molecule has 68 valence electrons. The van der Waals surface area contributed by atoms with Crippen LogP contribution in [0.15, 0.2) is 11.8 Å². The normalized spacial score (nSPS) is 18.0. The van der Waals surface area contributed by atoms with Crippen molar-refractivity contribution < 1.29 is 14.3 Å². The second kappa shape index (κ2) is 4.11. The van der Waals surface area contributed by atoms with E-state index < -0.39 is 0 Å². The van der Waals surface area contributed by atoms with Gasteiger partial charge in [-0.3, -0.25) is 4.79 Å². The van der Waals surface area contributed by atoms with E-state index in [1.54, 1.807) is 0 Å². The molecule has 12 heavy (non-hydrogen) atoms. The van der Waals surface area contributed by atoms with Crippen LogP contribution < -0.4 is 5.73 Å². The maximum Gasteiger partial charge on any atom is 0.307 e. The molecule has 4 nitrogen and oxygen atoms in total. The lowest BCUT2D eigenvalue weighted by Gasteiger charge is -2.10. The van der Waals surface area contributed by atoms with Gasteiger partial charge in [0.15, 0.2) is 0 Å². The van der Waals surface area contributed by atoms with Gasteiger partial charge in [-0.05, 0) is 6.08 Å². The molecule has 1 atom stereocenters. The fraction of sp³-hybridized carbons (Fsp3) is 0.625. The summed E-state index contributed by atoms with van der Waals surface area (Å²) in [6.45, 7) is 0.671. The molecule has 1 unspecified atom stereocenters. The van der Waals surface area contributed by atoms with Crippen molar-refractivity contribution in [3.8, 4) is 0 Å². The van der Waals surface area contributed by atoms with Crippen molar-refractivity contribution in [2.75, 3.05) is 13.7 Å². The van der Waals surface area contributed by atoms with Crippen LogP contribution in [0.4, 0.5) is 0 Å². The smallest absolute Gasteiger partial charge is 0.307 e. The highest BCUT2D eigenvalue weighted by molar-refractivity contribution is 5.70. The lowest BCUT2D eigenvalue weighted by Crippen LogP contribution is -2.26. The third kappa shape index (κ3) is 2.23. The molecular weight excluding hydrogens is 158 g/mol. The molecule has 0 bridgehead atoms. The van der Waals surface area contributed by atoms with Crippen LogP contribution in [0.25, 0.3) is 0 Å². The molecule has 1 rings (SSSR count). The van der Waals surface area contributed by atoms with Gasteiger partial charge in [0.1, 0.15) is 5.76 Å². The molecule has 0 aromatic carbocycles. The minimum absolute atomic E-state index is 0.183. The number of esters is 1. The molecule has 0 amide bonds. The fourth-order valence-electron chi connectivity index (χ4n) is 1.06.